The lowest BCUT2D eigenvalue weighted by Crippen LogP contribution is -2.52. The summed E-state index contributed by atoms with van der Waals surface area (Å²) in [4.78, 5) is 11.6. The van der Waals surface area contributed by atoms with E-state index in [0.717, 1.165) is 50.9 Å². The molecule has 9 heteroatoms. The van der Waals surface area contributed by atoms with Crippen molar-refractivity contribution in [1.82, 2.24) is 20.5 Å². The molecular weight excluding hydrogens is 497 g/mol. The van der Waals surface area contributed by atoms with Gasteiger partial charge >= 0.3 is 0 Å². The lowest BCUT2D eigenvalue weighted by atomic mass is 10.0. The van der Waals surface area contributed by atoms with Gasteiger partial charge in [0.05, 0.1) is 26.4 Å². The molecule has 1 aromatic rings. The summed E-state index contributed by atoms with van der Waals surface area (Å²) in [5.74, 6) is 1.96. The number of hydrogen-bond donors (Lipinski definition) is 2. The normalized spacial score (nSPS) is 16.1. The van der Waals surface area contributed by atoms with Gasteiger partial charge in [-0.05, 0) is 18.9 Å². The molecular formula is C21H38IN5O3. The standard InChI is InChI=1S/C21H37N5O3.HI/c1-5-22-21(25-16-19(17(2)3)26-9-11-28-12-10-26)24-15-18-7-6-8-23-20(18)29-14-13-27-4;/h6-8,17,19H,5,9-16H2,1-4H3,(H2,22,24,25);1H. The number of nitrogens with zero attached hydrogens (tertiary/aromatic N) is 3. The van der Waals surface area contributed by atoms with Gasteiger partial charge in [0.1, 0.15) is 6.61 Å². The number of morpholine rings is 1. The van der Waals surface area contributed by atoms with E-state index in [2.05, 4.69) is 41.3 Å². The molecule has 1 saturated heterocycles. The smallest absolute Gasteiger partial charge is 0.218 e. The number of aliphatic imine (C=N–C) groups is 1. The number of ether oxygens (including phenoxy) is 3. The van der Waals surface area contributed by atoms with Crippen LogP contribution >= 0.6 is 24.0 Å². The summed E-state index contributed by atoms with van der Waals surface area (Å²) in [7, 11) is 1.66. The Morgan fingerprint density at radius 3 is 2.70 bits per heavy atom. The van der Waals surface area contributed by atoms with Crippen molar-refractivity contribution in [3.8, 4) is 5.88 Å². The van der Waals surface area contributed by atoms with Crippen molar-refractivity contribution in [1.29, 1.82) is 0 Å². The first-order valence-electron chi connectivity index (χ1n) is 10.5. The zero-order valence-corrected chi connectivity index (χ0v) is 21.1. The Labute approximate surface area is 198 Å². The van der Waals surface area contributed by atoms with Crippen molar-refractivity contribution in [3.63, 3.8) is 0 Å². The third-order valence-corrected chi connectivity index (χ3v) is 4.89. The quantitative estimate of drug-likeness (QED) is 0.195. The van der Waals surface area contributed by atoms with Crippen LogP contribution < -0.4 is 15.4 Å². The highest BCUT2D eigenvalue weighted by atomic mass is 127. The average Bonchev–Trinajstić information content (AvgIpc) is 2.73. The molecule has 2 heterocycles. The Bertz CT molecular complexity index is 612. The highest BCUT2D eigenvalue weighted by Crippen LogP contribution is 2.15. The lowest BCUT2D eigenvalue weighted by molar-refractivity contribution is 0.00752. The largest absolute Gasteiger partial charge is 0.475 e. The van der Waals surface area contributed by atoms with E-state index in [4.69, 9.17) is 19.2 Å². The van der Waals surface area contributed by atoms with Gasteiger partial charge in [-0.25, -0.2) is 9.98 Å². The second kappa shape index (κ2) is 15.6. The van der Waals surface area contributed by atoms with E-state index in [1.165, 1.54) is 0 Å². The average molecular weight is 535 g/mol. The Morgan fingerprint density at radius 1 is 1.27 bits per heavy atom. The summed E-state index contributed by atoms with van der Waals surface area (Å²) in [6.45, 7) is 13.3. The molecule has 0 saturated carbocycles. The van der Waals surface area contributed by atoms with Crippen molar-refractivity contribution in [2.24, 2.45) is 10.9 Å². The van der Waals surface area contributed by atoms with Gasteiger partial charge in [0.2, 0.25) is 5.88 Å². The molecule has 0 spiro atoms. The third-order valence-electron chi connectivity index (χ3n) is 4.89. The summed E-state index contributed by atoms with van der Waals surface area (Å²) < 4.78 is 16.3. The number of rotatable bonds is 11. The van der Waals surface area contributed by atoms with Gasteiger partial charge in [-0.1, -0.05) is 19.9 Å². The molecule has 2 N–H and O–H groups in total. The molecule has 1 atom stereocenters. The number of halogens is 1. The number of aromatic nitrogens is 1. The first-order chi connectivity index (χ1) is 14.2. The van der Waals surface area contributed by atoms with Crippen molar-refractivity contribution in [2.75, 3.05) is 59.7 Å². The number of nitrogens with one attached hydrogen (secondary N) is 2. The highest BCUT2D eigenvalue weighted by molar-refractivity contribution is 14.0. The first kappa shape index (κ1) is 26.9. The van der Waals surface area contributed by atoms with Crippen LogP contribution in [0.25, 0.3) is 0 Å². The van der Waals surface area contributed by atoms with Crippen LogP contribution in [0.1, 0.15) is 26.3 Å². The maximum Gasteiger partial charge on any atom is 0.218 e. The van der Waals surface area contributed by atoms with Crippen molar-refractivity contribution in [3.05, 3.63) is 23.9 Å². The third kappa shape index (κ3) is 9.32. The highest BCUT2D eigenvalue weighted by Gasteiger charge is 2.23. The molecule has 0 bridgehead atoms. The second-order valence-electron chi connectivity index (χ2n) is 7.34. The fourth-order valence-electron chi connectivity index (χ4n) is 3.30. The van der Waals surface area contributed by atoms with Crippen molar-refractivity contribution in [2.45, 2.75) is 33.4 Å². The topological polar surface area (TPSA) is 80.2 Å². The van der Waals surface area contributed by atoms with Crippen LogP contribution in [-0.4, -0.2) is 81.6 Å². The van der Waals surface area contributed by atoms with Crippen LogP contribution in [-0.2, 0) is 16.0 Å². The summed E-state index contributed by atoms with van der Waals surface area (Å²) in [5.41, 5.74) is 0.953. The zero-order chi connectivity index (χ0) is 20.9. The molecule has 1 unspecified atom stereocenters. The van der Waals surface area contributed by atoms with Gasteiger partial charge in [-0.15, -0.1) is 24.0 Å². The van der Waals surface area contributed by atoms with Gasteiger partial charge in [0.15, 0.2) is 5.96 Å². The molecule has 0 amide bonds. The minimum absolute atomic E-state index is 0. The molecule has 2 rings (SSSR count). The lowest BCUT2D eigenvalue weighted by Gasteiger charge is -2.37. The predicted octanol–water partition coefficient (Wildman–Crippen LogP) is 2.14. The Morgan fingerprint density at radius 2 is 2.03 bits per heavy atom. The number of hydrogen-bond acceptors (Lipinski definition) is 6. The maximum atomic E-state index is 5.71. The molecule has 172 valence electrons. The van der Waals surface area contributed by atoms with E-state index < -0.39 is 0 Å². The number of pyridine rings is 1. The van der Waals surface area contributed by atoms with Crippen LogP contribution in [0.5, 0.6) is 5.88 Å². The maximum absolute atomic E-state index is 5.71. The van der Waals surface area contributed by atoms with Gasteiger partial charge in [0.25, 0.3) is 0 Å². The van der Waals surface area contributed by atoms with Gasteiger partial charge < -0.3 is 24.8 Å². The Hall–Kier alpha value is -1.17. The molecule has 1 fully saturated rings. The Kier molecular flexibility index (Phi) is 14.0. The van der Waals surface area contributed by atoms with Crippen LogP contribution in [0.3, 0.4) is 0 Å². The fraction of sp³-hybridized carbons (Fsp3) is 0.714. The predicted molar refractivity (Wildman–Crippen MR) is 131 cm³/mol. The molecule has 8 nitrogen and oxygen atoms in total. The van der Waals surface area contributed by atoms with Gasteiger partial charge in [-0.3, -0.25) is 4.90 Å². The monoisotopic (exact) mass is 535 g/mol. The molecule has 1 aromatic heterocycles. The summed E-state index contributed by atoms with van der Waals surface area (Å²) in [5, 5.41) is 6.85. The summed E-state index contributed by atoms with van der Waals surface area (Å²) in [6.07, 6.45) is 1.73. The van der Waals surface area contributed by atoms with E-state index in [9.17, 15) is 0 Å². The molecule has 1 aliphatic rings. The van der Waals surface area contributed by atoms with Gasteiger partial charge in [-0.2, -0.15) is 0 Å². The first-order valence-corrected chi connectivity index (χ1v) is 10.5. The molecule has 1 aliphatic heterocycles. The van der Waals surface area contributed by atoms with E-state index in [1.807, 2.05) is 12.1 Å². The number of methoxy groups -OCH3 is 1. The van der Waals surface area contributed by atoms with Gasteiger partial charge in [0, 0.05) is 51.1 Å². The minimum Gasteiger partial charge on any atom is -0.475 e. The Balaban J connectivity index is 0.00000450. The molecule has 0 radical (unpaired) electrons. The second-order valence-corrected chi connectivity index (χ2v) is 7.34. The zero-order valence-electron chi connectivity index (χ0n) is 18.7. The van der Waals surface area contributed by atoms with Crippen molar-refractivity contribution >= 4 is 29.9 Å². The number of guanidine groups is 1. The van der Waals surface area contributed by atoms with Crippen LogP contribution in [0.15, 0.2) is 23.3 Å². The van der Waals surface area contributed by atoms with E-state index in [-0.39, 0.29) is 24.0 Å². The van der Waals surface area contributed by atoms with Crippen molar-refractivity contribution < 1.29 is 14.2 Å². The summed E-state index contributed by atoms with van der Waals surface area (Å²) in [6, 6.07) is 4.34. The van der Waals surface area contributed by atoms with E-state index in [0.29, 0.717) is 37.6 Å². The van der Waals surface area contributed by atoms with E-state index in [1.54, 1.807) is 13.3 Å². The fourth-order valence-corrected chi connectivity index (χ4v) is 3.30. The van der Waals surface area contributed by atoms with Crippen LogP contribution in [0.2, 0.25) is 0 Å². The van der Waals surface area contributed by atoms with Crippen LogP contribution in [0.4, 0.5) is 0 Å². The summed E-state index contributed by atoms with van der Waals surface area (Å²) >= 11 is 0. The molecule has 0 aliphatic carbocycles. The van der Waals surface area contributed by atoms with E-state index >= 15 is 0 Å². The van der Waals surface area contributed by atoms with Crippen LogP contribution in [0, 0.1) is 5.92 Å². The SMILES string of the molecule is CCNC(=NCc1cccnc1OCCOC)NCC(C(C)C)N1CCOCC1.I. The molecule has 30 heavy (non-hydrogen) atoms. The minimum atomic E-state index is 0. The molecule has 0 aromatic carbocycles.